The predicted octanol–water partition coefficient (Wildman–Crippen LogP) is 6.63. The Balaban J connectivity index is 1.75. The Morgan fingerprint density at radius 3 is 1.42 bits per heavy atom. The second kappa shape index (κ2) is 10.5. The number of fused-ring (bicyclic) bond motifs is 2. The van der Waals surface area contributed by atoms with Crippen LogP contribution in [0.4, 0.5) is 0 Å². The molecule has 168 valence electrons. The van der Waals surface area contributed by atoms with Crippen molar-refractivity contribution in [2.75, 3.05) is 13.2 Å². The number of carbonyl (C=O) groups excluding carboxylic acids is 2. The van der Waals surface area contributed by atoms with Crippen molar-refractivity contribution in [1.82, 2.24) is 0 Å². The summed E-state index contributed by atoms with van der Waals surface area (Å²) in [5.74, 6) is -0.735. The van der Waals surface area contributed by atoms with E-state index in [2.05, 4.69) is 0 Å². The topological polar surface area (TPSA) is 52.6 Å². The van der Waals surface area contributed by atoms with E-state index in [1.165, 1.54) is 11.8 Å². The summed E-state index contributed by atoms with van der Waals surface area (Å²) in [5, 5.41) is 2.90. The van der Waals surface area contributed by atoms with Gasteiger partial charge in [0, 0.05) is 0 Å². The Morgan fingerprint density at radius 2 is 1.03 bits per heavy atom. The van der Waals surface area contributed by atoms with Crippen LogP contribution in [0.25, 0.3) is 21.5 Å². The number of esters is 2. The second-order valence-corrected chi connectivity index (χ2v) is 8.83. The molecule has 0 amide bonds. The summed E-state index contributed by atoms with van der Waals surface area (Å²) >= 11 is 1.26. The maximum absolute atomic E-state index is 13.0. The number of hydrogen-bond acceptors (Lipinski definition) is 5. The lowest BCUT2D eigenvalue weighted by Crippen LogP contribution is -2.19. The smallest absolute Gasteiger partial charge is 0.323 e. The summed E-state index contributed by atoms with van der Waals surface area (Å²) in [6.45, 7) is 4.10. The quantitative estimate of drug-likeness (QED) is 0.277. The van der Waals surface area contributed by atoms with Gasteiger partial charge in [-0.15, -0.1) is 11.8 Å². The van der Waals surface area contributed by atoms with E-state index in [9.17, 15) is 9.59 Å². The van der Waals surface area contributed by atoms with Crippen molar-refractivity contribution >= 4 is 45.2 Å². The molecule has 0 saturated carbocycles. The maximum atomic E-state index is 13.0. The number of thioether (sulfide) groups is 1. The van der Waals surface area contributed by atoms with E-state index in [0.717, 1.165) is 32.7 Å². The van der Waals surface area contributed by atoms with Crippen molar-refractivity contribution in [3.05, 3.63) is 96.1 Å². The number of carbonyl (C=O) groups is 2. The van der Waals surface area contributed by atoms with Gasteiger partial charge in [-0.1, -0.05) is 72.8 Å². The predicted molar refractivity (Wildman–Crippen MR) is 134 cm³/mol. The Kier molecular flexibility index (Phi) is 7.30. The minimum atomic E-state index is -0.671. The first-order chi connectivity index (χ1) is 16.1. The number of hydrogen-bond donors (Lipinski definition) is 0. The lowest BCUT2D eigenvalue weighted by molar-refractivity contribution is -0.142. The van der Waals surface area contributed by atoms with Gasteiger partial charge in [-0.25, -0.2) is 0 Å². The van der Waals surface area contributed by atoms with E-state index in [4.69, 9.17) is 9.47 Å². The lowest BCUT2D eigenvalue weighted by Gasteiger charge is -2.22. The third-order valence-corrected chi connectivity index (χ3v) is 6.90. The molecule has 0 spiro atoms. The minimum Gasteiger partial charge on any atom is -0.465 e. The summed E-state index contributed by atoms with van der Waals surface area (Å²) in [4.78, 5) is 26.1. The molecule has 0 aromatic heterocycles. The summed E-state index contributed by atoms with van der Waals surface area (Å²) in [6.07, 6.45) is 0. The van der Waals surface area contributed by atoms with Gasteiger partial charge in [-0.2, -0.15) is 0 Å². The number of rotatable bonds is 8. The molecule has 0 fully saturated rings. The van der Waals surface area contributed by atoms with Crippen molar-refractivity contribution < 1.29 is 19.1 Å². The van der Waals surface area contributed by atoms with Gasteiger partial charge in [0.2, 0.25) is 0 Å². The molecule has 2 atom stereocenters. The fraction of sp³-hybridized carbons (Fsp3) is 0.214. The van der Waals surface area contributed by atoms with E-state index in [-0.39, 0.29) is 25.2 Å². The Bertz CT molecular complexity index is 1180. The highest BCUT2D eigenvalue weighted by atomic mass is 32.2. The van der Waals surface area contributed by atoms with Crippen molar-refractivity contribution in [2.45, 2.75) is 24.3 Å². The monoisotopic (exact) mass is 458 g/mol. The molecule has 0 radical (unpaired) electrons. The zero-order valence-corrected chi connectivity index (χ0v) is 19.5. The van der Waals surface area contributed by atoms with Gasteiger partial charge < -0.3 is 9.47 Å². The van der Waals surface area contributed by atoms with Gasteiger partial charge in [0.1, 0.15) is 10.5 Å². The summed E-state index contributed by atoms with van der Waals surface area (Å²) < 4.78 is 10.8. The fourth-order valence-electron chi connectivity index (χ4n) is 3.85. The van der Waals surface area contributed by atoms with E-state index in [0.29, 0.717) is 0 Å². The largest absolute Gasteiger partial charge is 0.465 e. The average molecular weight is 459 g/mol. The zero-order valence-electron chi connectivity index (χ0n) is 18.7. The normalized spacial score (nSPS) is 12.9. The molecular weight excluding hydrogens is 432 g/mol. The Hall–Kier alpha value is -3.31. The van der Waals surface area contributed by atoms with Crippen LogP contribution in [0.2, 0.25) is 0 Å². The first kappa shape index (κ1) is 22.9. The highest BCUT2D eigenvalue weighted by Gasteiger charge is 2.32. The van der Waals surface area contributed by atoms with Gasteiger partial charge >= 0.3 is 11.9 Å². The zero-order chi connectivity index (χ0) is 23.2. The minimum absolute atomic E-state index is 0.267. The molecule has 0 saturated heterocycles. The molecule has 4 aromatic rings. The third-order valence-electron chi connectivity index (χ3n) is 5.43. The van der Waals surface area contributed by atoms with Gasteiger partial charge in [-0.05, 0) is 58.7 Å². The molecule has 33 heavy (non-hydrogen) atoms. The molecule has 2 unspecified atom stereocenters. The molecule has 0 aliphatic carbocycles. The fourth-order valence-corrected chi connectivity index (χ4v) is 5.09. The summed E-state index contributed by atoms with van der Waals surface area (Å²) in [6, 6.07) is 27.8. The van der Waals surface area contributed by atoms with Crippen molar-refractivity contribution in [2.24, 2.45) is 0 Å². The van der Waals surface area contributed by atoms with Crippen LogP contribution in [0.5, 0.6) is 0 Å². The van der Waals surface area contributed by atoms with Gasteiger partial charge in [0.15, 0.2) is 0 Å². The van der Waals surface area contributed by atoms with Gasteiger partial charge in [-0.3, -0.25) is 9.59 Å². The molecule has 4 aromatic carbocycles. The maximum Gasteiger partial charge on any atom is 0.323 e. The molecule has 0 N–H and O–H groups in total. The Labute approximate surface area is 197 Å². The van der Waals surface area contributed by atoms with Crippen molar-refractivity contribution in [3.63, 3.8) is 0 Å². The van der Waals surface area contributed by atoms with Crippen LogP contribution in [0, 0.1) is 0 Å². The molecule has 0 aliphatic rings. The molecule has 0 bridgehead atoms. The van der Waals surface area contributed by atoms with Crippen LogP contribution in [-0.4, -0.2) is 25.2 Å². The van der Waals surface area contributed by atoms with E-state index in [1.54, 1.807) is 13.8 Å². The Morgan fingerprint density at radius 1 is 0.636 bits per heavy atom. The number of benzene rings is 4. The SMILES string of the molecule is CCOC(=O)C(SC(C(=O)OCC)c1ccc2ccccc2c1)c1ccc2ccccc2c1. The number of ether oxygens (including phenoxy) is 2. The third kappa shape index (κ3) is 5.20. The van der Waals surface area contributed by atoms with Crippen molar-refractivity contribution in [3.8, 4) is 0 Å². The molecule has 4 nitrogen and oxygen atoms in total. The lowest BCUT2D eigenvalue weighted by atomic mass is 10.0. The highest BCUT2D eigenvalue weighted by molar-refractivity contribution is 8.01. The summed E-state index contributed by atoms with van der Waals surface area (Å²) in [7, 11) is 0. The summed E-state index contributed by atoms with van der Waals surface area (Å²) in [5.41, 5.74) is 1.60. The van der Waals surface area contributed by atoms with Crippen LogP contribution in [-0.2, 0) is 19.1 Å². The van der Waals surface area contributed by atoms with Crippen LogP contribution in [0.3, 0.4) is 0 Å². The van der Waals surface area contributed by atoms with Gasteiger partial charge in [0.05, 0.1) is 13.2 Å². The van der Waals surface area contributed by atoms with Crippen LogP contribution in [0.15, 0.2) is 84.9 Å². The van der Waals surface area contributed by atoms with E-state index in [1.807, 2.05) is 84.9 Å². The molecule has 0 aliphatic heterocycles. The first-order valence-corrected chi connectivity index (χ1v) is 12.0. The molecule has 4 rings (SSSR count). The van der Waals surface area contributed by atoms with Crippen LogP contribution >= 0.6 is 11.8 Å². The molecule has 0 heterocycles. The van der Waals surface area contributed by atoms with Gasteiger partial charge in [0.25, 0.3) is 0 Å². The van der Waals surface area contributed by atoms with E-state index < -0.39 is 10.5 Å². The van der Waals surface area contributed by atoms with Crippen molar-refractivity contribution in [1.29, 1.82) is 0 Å². The molecule has 5 heteroatoms. The molecular formula is C28H26O4S. The van der Waals surface area contributed by atoms with Crippen LogP contribution < -0.4 is 0 Å². The standard InChI is InChI=1S/C28H26O4S/c1-3-31-27(29)25(23-15-13-19-9-5-7-11-21(19)17-23)33-26(28(30)32-4-2)24-16-14-20-10-6-8-12-22(20)18-24/h5-18,25-26H,3-4H2,1-2H3. The average Bonchev–Trinajstić information content (AvgIpc) is 2.84. The second-order valence-electron chi connectivity index (χ2n) is 7.61. The first-order valence-electron chi connectivity index (χ1n) is 11.1. The highest BCUT2D eigenvalue weighted by Crippen LogP contribution is 2.43. The van der Waals surface area contributed by atoms with Crippen LogP contribution in [0.1, 0.15) is 35.5 Å². The van der Waals surface area contributed by atoms with E-state index >= 15 is 0 Å².